The Morgan fingerprint density at radius 1 is 1.09 bits per heavy atom. The third-order valence-corrected chi connectivity index (χ3v) is 5.14. The largest absolute Gasteiger partial charge is 0.325 e. The molecule has 0 saturated carbocycles. The van der Waals surface area contributed by atoms with E-state index in [9.17, 15) is 14.4 Å². The van der Waals surface area contributed by atoms with E-state index in [2.05, 4.69) is 15.3 Å². The highest BCUT2D eigenvalue weighted by Crippen LogP contribution is 2.31. The molecule has 32 heavy (non-hydrogen) atoms. The fourth-order valence-corrected chi connectivity index (χ4v) is 3.57. The Labute approximate surface area is 189 Å². The lowest BCUT2D eigenvalue weighted by Gasteiger charge is -2.20. The molecule has 0 bridgehead atoms. The molecule has 2 aromatic carbocycles. The van der Waals surface area contributed by atoms with Gasteiger partial charge >= 0.3 is 0 Å². The lowest BCUT2D eigenvalue weighted by molar-refractivity contribution is -0.120. The maximum absolute atomic E-state index is 13.1. The molecule has 0 unspecified atom stereocenters. The SMILES string of the molecule is CC(=O)c1cccc(NC(=O)CN2C(=O)CC(c3cccc(Cl)c3)=Nc3cccnc32)c1. The molecule has 4 rings (SSSR count). The van der Waals surface area contributed by atoms with Crippen LogP contribution in [0, 0.1) is 0 Å². The zero-order valence-corrected chi connectivity index (χ0v) is 18.0. The molecular formula is C24H19ClN4O3. The number of carbonyl (C=O) groups excluding carboxylic acids is 3. The smallest absolute Gasteiger partial charge is 0.244 e. The third kappa shape index (κ3) is 4.73. The number of carbonyl (C=O) groups is 3. The minimum Gasteiger partial charge on any atom is -0.325 e. The van der Waals surface area contributed by atoms with Gasteiger partial charge in [0.15, 0.2) is 11.6 Å². The summed E-state index contributed by atoms with van der Waals surface area (Å²) in [7, 11) is 0. The van der Waals surface area contributed by atoms with Crippen molar-refractivity contribution in [2.45, 2.75) is 13.3 Å². The summed E-state index contributed by atoms with van der Waals surface area (Å²) in [5, 5.41) is 3.28. The van der Waals surface area contributed by atoms with Crippen LogP contribution in [0.15, 0.2) is 71.9 Å². The number of fused-ring (bicyclic) bond motifs is 1. The van der Waals surface area contributed by atoms with Gasteiger partial charge in [-0.15, -0.1) is 0 Å². The Hall–Kier alpha value is -3.84. The number of anilines is 2. The van der Waals surface area contributed by atoms with E-state index in [-0.39, 0.29) is 24.7 Å². The van der Waals surface area contributed by atoms with Gasteiger partial charge in [0.1, 0.15) is 12.2 Å². The van der Waals surface area contributed by atoms with Crippen LogP contribution >= 0.6 is 11.6 Å². The van der Waals surface area contributed by atoms with Crippen molar-refractivity contribution >= 4 is 52.1 Å². The number of amides is 2. The Morgan fingerprint density at radius 3 is 2.69 bits per heavy atom. The van der Waals surface area contributed by atoms with Crippen molar-refractivity contribution in [2.24, 2.45) is 4.99 Å². The molecule has 0 radical (unpaired) electrons. The van der Waals surface area contributed by atoms with E-state index < -0.39 is 5.91 Å². The van der Waals surface area contributed by atoms with Crippen LogP contribution < -0.4 is 10.2 Å². The summed E-state index contributed by atoms with van der Waals surface area (Å²) in [4.78, 5) is 47.7. The van der Waals surface area contributed by atoms with Crippen molar-refractivity contribution in [3.8, 4) is 0 Å². The Bertz CT molecular complexity index is 1260. The van der Waals surface area contributed by atoms with Crippen molar-refractivity contribution in [3.63, 3.8) is 0 Å². The molecule has 1 aliphatic rings. The zero-order valence-electron chi connectivity index (χ0n) is 17.2. The second-order valence-corrected chi connectivity index (χ2v) is 7.69. The molecule has 2 heterocycles. The van der Waals surface area contributed by atoms with Crippen LogP contribution in [-0.4, -0.2) is 34.8 Å². The molecule has 1 aromatic heterocycles. The molecule has 8 heteroatoms. The van der Waals surface area contributed by atoms with Crippen LogP contribution in [-0.2, 0) is 9.59 Å². The standard InChI is InChI=1S/C24H19ClN4O3/c1-15(30)16-5-3-8-19(12-16)27-22(31)14-29-23(32)13-21(17-6-2-7-18(25)11-17)28-20-9-4-10-26-24(20)29/h2-12H,13-14H2,1H3,(H,27,31). The Morgan fingerprint density at radius 2 is 1.91 bits per heavy atom. The average molecular weight is 447 g/mol. The quantitative estimate of drug-likeness (QED) is 0.587. The van der Waals surface area contributed by atoms with E-state index in [1.165, 1.54) is 11.8 Å². The fraction of sp³-hybridized carbons (Fsp3) is 0.125. The number of ketones is 1. The summed E-state index contributed by atoms with van der Waals surface area (Å²) in [6, 6.07) is 17.2. The van der Waals surface area contributed by atoms with Crippen LogP contribution in [0.1, 0.15) is 29.3 Å². The molecule has 0 aliphatic carbocycles. The molecule has 0 atom stereocenters. The summed E-state index contributed by atoms with van der Waals surface area (Å²) in [6.07, 6.45) is 1.54. The molecule has 3 aromatic rings. The van der Waals surface area contributed by atoms with E-state index in [0.717, 1.165) is 5.56 Å². The number of rotatable bonds is 5. The maximum Gasteiger partial charge on any atom is 0.244 e. The lowest BCUT2D eigenvalue weighted by atomic mass is 10.1. The van der Waals surface area contributed by atoms with E-state index in [0.29, 0.717) is 33.5 Å². The van der Waals surface area contributed by atoms with Crippen molar-refractivity contribution in [1.29, 1.82) is 0 Å². The first-order valence-electron chi connectivity index (χ1n) is 9.90. The van der Waals surface area contributed by atoms with Crippen LogP contribution in [0.4, 0.5) is 17.2 Å². The number of nitrogens with one attached hydrogen (secondary N) is 1. The molecule has 1 aliphatic heterocycles. The minimum atomic E-state index is -0.415. The summed E-state index contributed by atoms with van der Waals surface area (Å²) in [5.74, 6) is -0.523. The summed E-state index contributed by atoms with van der Waals surface area (Å²) < 4.78 is 0. The summed E-state index contributed by atoms with van der Waals surface area (Å²) in [6.45, 7) is 1.21. The van der Waals surface area contributed by atoms with E-state index in [4.69, 9.17) is 11.6 Å². The number of benzene rings is 2. The van der Waals surface area contributed by atoms with Gasteiger partial charge in [-0.3, -0.25) is 19.3 Å². The van der Waals surface area contributed by atoms with Gasteiger partial charge < -0.3 is 5.32 Å². The lowest BCUT2D eigenvalue weighted by Crippen LogP contribution is -2.39. The van der Waals surface area contributed by atoms with Gasteiger partial charge in [0, 0.05) is 22.5 Å². The van der Waals surface area contributed by atoms with Gasteiger partial charge in [-0.1, -0.05) is 35.9 Å². The van der Waals surface area contributed by atoms with Crippen molar-refractivity contribution in [3.05, 3.63) is 83.0 Å². The maximum atomic E-state index is 13.1. The second-order valence-electron chi connectivity index (χ2n) is 7.26. The number of Topliss-reactive ketones (excluding diaryl/α,β-unsaturated/α-hetero) is 1. The van der Waals surface area contributed by atoms with Crippen LogP contribution in [0.25, 0.3) is 0 Å². The van der Waals surface area contributed by atoms with Gasteiger partial charge in [0.25, 0.3) is 0 Å². The predicted molar refractivity (Wildman–Crippen MR) is 124 cm³/mol. The van der Waals surface area contributed by atoms with Crippen LogP contribution in [0.5, 0.6) is 0 Å². The van der Waals surface area contributed by atoms with Gasteiger partial charge in [-0.05, 0) is 48.9 Å². The highest BCUT2D eigenvalue weighted by Gasteiger charge is 2.27. The predicted octanol–water partition coefficient (Wildman–Crippen LogP) is 4.43. The number of hydrogen-bond donors (Lipinski definition) is 1. The Balaban J connectivity index is 1.59. The van der Waals surface area contributed by atoms with Crippen LogP contribution in [0.3, 0.4) is 0 Å². The highest BCUT2D eigenvalue weighted by molar-refractivity contribution is 6.31. The molecule has 0 fully saturated rings. The summed E-state index contributed by atoms with van der Waals surface area (Å²) >= 11 is 6.11. The van der Waals surface area contributed by atoms with Gasteiger partial charge in [0.2, 0.25) is 11.8 Å². The molecule has 7 nitrogen and oxygen atoms in total. The number of hydrogen-bond acceptors (Lipinski definition) is 5. The molecule has 0 saturated heterocycles. The number of halogens is 1. The third-order valence-electron chi connectivity index (χ3n) is 4.91. The number of aromatic nitrogens is 1. The van der Waals surface area contributed by atoms with E-state index in [1.807, 2.05) is 6.07 Å². The van der Waals surface area contributed by atoms with Crippen molar-refractivity contribution < 1.29 is 14.4 Å². The normalized spacial score (nSPS) is 13.1. The number of aliphatic imine (C=N–C) groups is 1. The number of pyridine rings is 1. The molecule has 2 amide bonds. The van der Waals surface area contributed by atoms with Gasteiger partial charge in [-0.2, -0.15) is 0 Å². The van der Waals surface area contributed by atoms with Crippen molar-refractivity contribution in [2.75, 3.05) is 16.8 Å². The Kier molecular flexibility index (Phi) is 6.09. The second kappa shape index (κ2) is 9.11. The van der Waals surface area contributed by atoms with Gasteiger partial charge in [0.05, 0.1) is 12.1 Å². The average Bonchev–Trinajstić information content (AvgIpc) is 2.90. The monoisotopic (exact) mass is 446 g/mol. The van der Waals surface area contributed by atoms with Crippen LogP contribution in [0.2, 0.25) is 5.02 Å². The molecular weight excluding hydrogens is 428 g/mol. The highest BCUT2D eigenvalue weighted by atomic mass is 35.5. The zero-order chi connectivity index (χ0) is 22.7. The first-order chi connectivity index (χ1) is 15.4. The molecule has 0 spiro atoms. The summed E-state index contributed by atoms with van der Waals surface area (Å²) in [5.41, 5.74) is 2.72. The van der Waals surface area contributed by atoms with E-state index >= 15 is 0 Å². The van der Waals surface area contributed by atoms with Gasteiger partial charge in [-0.25, -0.2) is 9.98 Å². The van der Waals surface area contributed by atoms with Crippen molar-refractivity contribution in [1.82, 2.24) is 4.98 Å². The first kappa shape index (κ1) is 21.4. The molecule has 160 valence electrons. The number of nitrogens with zero attached hydrogens (tertiary/aromatic N) is 3. The topological polar surface area (TPSA) is 91.7 Å². The fourth-order valence-electron chi connectivity index (χ4n) is 3.38. The minimum absolute atomic E-state index is 0.0101. The molecule has 1 N–H and O–H groups in total. The van der Waals surface area contributed by atoms with E-state index in [1.54, 1.807) is 60.8 Å². The first-order valence-corrected chi connectivity index (χ1v) is 10.3.